The highest BCUT2D eigenvalue weighted by atomic mass is 35.5. The monoisotopic (exact) mass is 530 g/mol. The summed E-state index contributed by atoms with van der Waals surface area (Å²) in [6.45, 7) is 0.490. The van der Waals surface area contributed by atoms with Crippen molar-refractivity contribution in [2.24, 2.45) is 0 Å². The number of hydrogen-bond donors (Lipinski definition) is 1. The van der Waals surface area contributed by atoms with Crippen molar-refractivity contribution in [1.82, 2.24) is 5.32 Å². The number of benzene rings is 4. The zero-order valence-electron chi connectivity index (χ0n) is 19.7. The molecule has 8 heteroatoms. The summed E-state index contributed by atoms with van der Waals surface area (Å²) in [5, 5.41) is 3.38. The van der Waals surface area contributed by atoms with Gasteiger partial charge in [-0.05, 0) is 60.0 Å². The van der Waals surface area contributed by atoms with Crippen LogP contribution in [-0.2, 0) is 22.8 Å². The van der Waals surface area contributed by atoms with Crippen LogP contribution in [0.3, 0.4) is 0 Å². The molecule has 0 atom stereocenters. The SMILES string of the molecule is O=C(NCCc1ccccc1)c1ccc2c(c1)N(Cc1cccc(Cl)c1)C(=O)c1ccccc1S2(=O)=O. The van der Waals surface area contributed by atoms with Crippen LogP contribution in [0.2, 0.25) is 5.02 Å². The number of nitrogens with one attached hydrogen (secondary N) is 1. The number of nitrogens with zero attached hydrogens (tertiary/aromatic N) is 1. The number of sulfone groups is 1. The summed E-state index contributed by atoms with van der Waals surface area (Å²) >= 11 is 6.17. The van der Waals surface area contributed by atoms with Gasteiger partial charge in [0.15, 0.2) is 0 Å². The molecule has 37 heavy (non-hydrogen) atoms. The lowest BCUT2D eigenvalue weighted by molar-refractivity contribution is 0.0950. The van der Waals surface area contributed by atoms with Crippen LogP contribution in [0.4, 0.5) is 5.69 Å². The van der Waals surface area contributed by atoms with Gasteiger partial charge < -0.3 is 10.2 Å². The average Bonchev–Trinajstić information content (AvgIpc) is 2.97. The third-order valence-electron chi connectivity index (χ3n) is 6.23. The van der Waals surface area contributed by atoms with Gasteiger partial charge in [-0.1, -0.05) is 66.2 Å². The van der Waals surface area contributed by atoms with E-state index in [0.29, 0.717) is 18.0 Å². The second-order valence-corrected chi connectivity index (χ2v) is 11.0. The fourth-order valence-electron chi connectivity index (χ4n) is 4.39. The summed E-state index contributed by atoms with van der Waals surface area (Å²) in [4.78, 5) is 28.0. The summed E-state index contributed by atoms with van der Waals surface area (Å²) in [6.07, 6.45) is 0.653. The first-order valence-corrected chi connectivity index (χ1v) is 13.6. The fraction of sp³-hybridized carbons (Fsp3) is 0.103. The van der Waals surface area contributed by atoms with E-state index in [9.17, 15) is 18.0 Å². The molecular weight excluding hydrogens is 508 g/mol. The van der Waals surface area contributed by atoms with E-state index >= 15 is 0 Å². The molecule has 0 saturated carbocycles. The van der Waals surface area contributed by atoms with Crippen molar-refractivity contribution in [1.29, 1.82) is 0 Å². The summed E-state index contributed by atoms with van der Waals surface area (Å²) in [7, 11) is -4.02. The molecule has 1 aliphatic rings. The lowest BCUT2D eigenvalue weighted by Crippen LogP contribution is -2.31. The molecule has 186 valence electrons. The second-order valence-electron chi connectivity index (χ2n) is 8.69. The van der Waals surface area contributed by atoms with Crippen LogP contribution in [0.5, 0.6) is 0 Å². The standard InChI is InChI=1S/C29H23ClN2O4S/c30-23-10-6-9-21(17-23)19-32-25-18-22(28(33)31-16-15-20-7-2-1-3-8-20)13-14-27(25)37(35,36)26-12-5-4-11-24(26)29(32)34/h1-14,17-18H,15-16,19H2,(H,31,33). The molecule has 5 rings (SSSR count). The molecular formula is C29H23ClN2O4S. The van der Waals surface area contributed by atoms with Gasteiger partial charge in [-0.15, -0.1) is 0 Å². The highest BCUT2D eigenvalue weighted by molar-refractivity contribution is 7.91. The van der Waals surface area contributed by atoms with E-state index in [-0.39, 0.29) is 39.1 Å². The van der Waals surface area contributed by atoms with Crippen molar-refractivity contribution >= 4 is 38.9 Å². The molecule has 0 spiro atoms. The van der Waals surface area contributed by atoms with Crippen LogP contribution in [0.1, 0.15) is 31.8 Å². The Labute approximate surface area is 220 Å². The number of hydrogen-bond acceptors (Lipinski definition) is 4. The van der Waals surface area contributed by atoms with Crippen LogP contribution < -0.4 is 10.2 Å². The van der Waals surface area contributed by atoms with Crippen molar-refractivity contribution in [3.63, 3.8) is 0 Å². The number of anilines is 1. The molecule has 1 heterocycles. The van der Waals surface area contributed by atoms with Gasteiger partial charge in [-0.2, -0.15) is 0 Å². The molecule has 0 fully saturated rings. The first-order chi connectivity index (χ1) is 17.8. The van der Waals surface area contributed by atoms with E-state index in [2.05, 4.69) is 5.32 Å². The number of halogens is 1. The van der Waals surface area contributed by atoms with Gasteiger partial charge in [0.2, 0.25) is 9.84 Å². The van der Waals surface area contributed by atoms with Crippen molar-refractivity contribution in [3.8, 4) is 0 Å². The number of carbonyl (C=O) groups is 2. The van der Waals surface area contributed by atoms with Gasteiger partial charge in [0.25, 0.3) is 11.8 Å². The Morgan fingerprint density at radius 2 is 1.54 bits per heavy atom. The van der Waals surface area contributed by atoms with Crippen LogP contribution in [0, 0.1) is 0 Å². The first-order valence-electron chi connectivity index (χ1n) is 11.7. The van der Waals surface area contributed by atoms with Gasteiger partial charge >= 0.3 is 0 Å². The maximum absolute atomic E-state index is 13.7. The highest BCUT2D eigenvalue weighted by Crippen LogP contribution is 2.38. The molecule has 0 bridgehead atoms. The minimum atomic E-state index is -4.02. The third-order valence-corrected chi connectivity index (χ3v) is 8.32. The van der Waals surface area contributed by atoms with Gasteiger partial charge in [0.1, 0.15) is 0 Å². The van der Waals surface area contributed by atoms with Crippen LogP contribution >= 0.6 is 11.6 Å². The molecule has 0 aromatic heterocycles. The predicted octanol–water partition coefficient (Wildman–Crippen LogP) is 5.31. The minimum Gasteiger partial charge on any atom is -0.352 e. The molecule has 1 N–H and O–H groups in total. The topological polar surface area (TPSA) is 83.6 Å². The Morgan fingerprint density at radius 1 is 0.811 bits per heavy atom. The Morgan fingerprint density at radius 3 is 2.32 bits per heavy atom. The zero-order chi connectivity index (χ0) is 26.0. The van der Waals surface area contributed by atoms with Crippen molar-refractivity contribution < 1.29 is 18.0 Å². The molecule has 0 saturated heterocycles. The Balaban J connectivity index is 1.53. The highest BCUT2D eigenvalue weighted by Gasteiger charge is 2.36. The second kappa shape index (κ2) is 10.2. The van der Waals surface area contributed by atoms with Gasteiger partial charge in [-0.25, -0.2) is 8.42 Å². The van der Waals surface area contributed by atoms with Gasteiger partial charge in [0.05, 0.1) is 27.6 Å². The number of amides is 2. The lowest BCUT2D eigenvalue weighted by atomic mass is 10.1. The van der Waals surface area contributed by atoms with E-state index in [1.165, 1.54) is 35.2 Å². The molecule has 0 unspecified atom stereocenters. The lowest BCUT2D eigenvalue weighted by Gasteiger charge is -2.23. The van der Waals surface area contributed by atoms with Crippen LogP contribution in [0.25, 0.3) is 0 Å². The van der Waals surface area contributed by atoms with Gasteiger partial charge in [0, 0.05) is 17.1 Å². The maximum Gasteiger partial charge on any atom is 0.259 e. The van der Waals surface area contributed by atoms with E-state index in [1.54, 1.807) is 30.3 Å². The van der Waals surface area contributed by atoms with Crippen molar-refractivity contribution in [2.75, 3.05) is 11.4 Å². The summed E-state index contributed by atoms with van der Waals surface area (Å²) < 4.78 is 27.2. The maximum atomic E-state index is 13.7. The normalized spacial score (nSPS) is 13.9. The van der Waals surface area contributed by atoms with Crippen molar-refractivity contribution in [2.45, 2.75) is 22.8 Å². The zero-order valence-corrected chi connectivity index (χ0v) is 21.3. The Hall–Kier alpha value is -3.94. The van der Waals surface area contributed by atoms with E-state index in [1.807, 2.05) is 36.4 Å². The van der Waals surface area contributed by atoms with E-state index < -0.39 is 15.7 Å². The van der Waals surface area contributed by atoms with Crippen molar-refractivity contribution in [3.05, 3.63) is 124 Å². The smallest absolute Gasteiger partial charge is 0.259 e. The minimum absolute atomic E-state index is 0.0336. The summed E-state index contributed by atoms with van der Waals surface area (Å²) in [6, 6.07) is 27.3. The molecule has 4 aromatic carbocycles. The first kappa shape index (κ1) is 24.7. The fourth-order valence-corrected chi connectivity index (χ4v) is 6.23. The molecule has 1 aliphatic heterocycles. The Bertz CT molecular complexity index is 1600. The van der Waals surface area contributed by atoms with E-state index in [4.69, 9.17) is 11.6 Å². The summed E-state index contributed by atoms with van der Waals surface area (Å²) in [5.41, 5.74) is 2.30. The van der Waals surface area contributed by atoms with E-state index in [0.717, 1.165) is 11.1 Å². The number of rotatable bonds is 6. The molecule has 2 amide bonds. The third kappa shape index (κ3) is 5.01. The molecule has 0 radical (unpaired) electrons. The molecule has 4 aromatic rings. The largest absolute Gasteiger partial charge is 0.352 e. The quantitative estimate of drug-likeness (QED) is 0.366. The molecule has 0 aliphatic carbocycles. The number of carbonyl (C=O) groups excluding carboxylic acids is 2. The summed E-state index contributed by atoms with van der Waals surface area (Å²) in [5.74, 6) is -0.826. The predicted molar refractivity (Wildman–Crippen MR) is 143 cm³/mol. The van der Waals surface area contributed by atoms with Gasteiger partial charge in [-0.3, -0.25) is 9.59 Å². The average molecular weight is 531 g/mol. The Kier molecular flexibility index (Phi) is 6.82. The molecule has 6 nitrogen and oxygen atoms in total. The number of fused-ring (bicyclic) bond motifs is 2. The van der Waals surface area contributed by atoms with Crippen LogP contribution in [0.15, 0.2) is 107 Å². The van der Waals surface area contributed by atoms with Crippen LogP contribution in [-0.4, -0.2) is 26.8 Å².